The molecule has 1 rings (SSSR count). The SMILES string of the molecule is CC(CO)Nc1ccc(Cl)cc1[N+](=O)[O-]. The van der Waals surface area contributed by atoms with Crippen LogP contribution >= 0.6 is 11.6 Å². The number of anilines is 1. The lowest BCUT2D eigenvalue weighted by Gasteiger charge is -2.12. The van der Waals surface area contributed by atoms with Gasteiger partial charge in [0, 0.05) is 17.1 Å². The van der Waals surface area contributed by atoms with E-state index in [1.54, 1.807) is 13.0 Å². The molecule has 1 aromatic carbocycles. The van der Waals surface area contributed by atoms with Gasteiger partial charge in [0.05, 0.1) is 11.5 Å². The van der Waals surface area contributed by atoms with Crippen LogP contribution in [0.3, 0.4) is 0 Å². The molecule has 0 spiro atoms. The molecular weight excluding hydrogens is 220 g/mol. The molecule has 15 heavy (non-hydrogen) atoms. The highest BCUT2D eigenvalue weighted by atomic mass is 35.5. The van der Waals surface area contributed by atoms with Crippen molar-refractivity contribution in [1.29, 1.82) is 0 Å². The van der Waals surface area contributed by atoms with E-state index in [-0.39, 0.29) is 18.3 Å². The first-order chi connectivity index (χ1) is 7.04. The number of nitrogens with zero attached hydrogens (tertiary/aromatic N) is 1. The summed E-state index contributed by atoms with van der Waals surface area (Å²) < 4.78 is 0. The molecule has 0 saturated heterocycles. The van der Waals surface area contributed by atoms with Crippen LogP contribution < -0.4 is 5.32 Å². The monoisotopic (exact) mass is 230 g/mol. The molecule has 0 heterocycles. The number of aliphatic hydroxyl groups excluding tert-OH is 1. The Morgan fingerprint density at radius 3 is 2.87 bits per heavy atom. The molecule has 1 unspecified atom stereocenters. The Balaban J connectivity index is 3.01. The maximum Gasteiger partial charge on any atom is 0.293 e. The molecule has 0 saturated carbocycles. The summed E-state index contributed by atoms with van der Waals surface area (Å²) in [5.74, 6) is 0. The lowest BCUT2D eigenvalue weighted by Crippen LogP contribution is -2.19. The van der Waals surface area contributed by atoms with Crippen molar-refractivity contribution >= 4 is 23.0 Å². The molecule has 5 nitrogen and oxygen atoms in total. The van der Waals surface area contributed by atoms with E-state index >= 15 is 0 Å². The van der Waals surface area contributed by atoms with E-state index in [0.29, 0.717) is 10.7 Å². The number of hydrogen-bond donors (Lipinski definition) is 2. The van der Waals surface area contributed by atoms with Crippen LogP contribution in [0, 0.1) is 10.1 Å². The number of halogens is 1. The molecule has 0 bridgehead atoms. The second-order valence-corrected chi connectivity index (χ2v) is 3.58. The van der Waals surface area contributed by atoms with E-state index in [1.165, 1.54) is 12.1 Å². The standard InChI is InChI=1S/C9H11ClN2O3/c1-6(5-13)11-8-3-2-7(10)4-9(8)12(14)15/h2-4,6,11,13H,5H2,1H3. The van der Waals surface area contributed by atoms with Crippen molar-refractivity contribution < 1.29 is 10.0 Å². The Hall–Kier alpha value is -1.33. The molecule has 0 aliphatic rings. The van der Waals surface area contributed by atoms with Gasteiger partial charge in [-0.05, 0) is 19.1 Å². The van der Waals surface area contributed by atoms with E-state index in [0.717, 1.165) is 0 Å². The number of rotatable bonds is 4. The molecule has 2 N–H and O–H groups in total. The molecule has 0 aliphatic heterocycles. The number of nitrogens with one attached hydrogen (secondary N) is 1. The summed E-state index contributed by atoms with van der Waals surface area (Å²) in [4.78, 5) is 10.2. The fourth-order valence-corrected chi connectivity index (χ4v) is 1.26. The topological polar surface area (TPSA) is 75.4 Å². The van der Waals surface area contributed by atoms with E-state index in [1.807, 2.05) is 0 Å². The van der Waals surface area contributed by atoms with Crippen molar-refractivity contribution in [1.82, 2.24) is 0 Å². The van der Waals surface area contributed by atoms with Gasteiger partial charge in [0.15, 0.2) is 0 Å². The van der Waals surface area contributed by atoms with Crippen LogP contribution in [0.15, 0.2) is 18.2 Å². The minimum Gasteiger partial charge on any atom is -0.394 e. The highest BCUT2D eigenvalue weighted by Gasteiger charge is 2.15. The van der Waals surface area contributed by atoms with E-state index in [4.69, 9.17) is 16.7 Å². The van der Waals surface area contributed by atoms with Crippen molar-refractivity contribution in [3.8, 4) is 0 Å². The van der Waals surface area contributed by atoms with E-state index in [9.17, 15) is 10.1 Å². The summed E-state index contributed by atoms with van der Waals surface area (Å²) in [6.07, 6.45) is 0. The van der Waals surface area contributed by atoms with E-state index < -0.39 is 4.92 Å². The first-order valence-corrected chi connectivity index (χ1v) is 4.73. The second-order valence-electron chi connectivity index (χ2n) is 3.15. The van der Waals surface area contributed by atoms with Crippen LogP contribution in [0.2, 0.25) is 5.02 Å². The average molecular weight is 231 g/mol. The predicted molar refractivity (Wildman–Crippen MR) is 58.3 cm³/mol. The molecular formula is C9H11ClN2O3. The summed E-state index contributed by atoms with van der Waals surface area (Å²) in [6.45, 7) is 1.62. The van der Waals surface area contributed by atoms with Crippen LogP contribution in [-0.2, 0) is 0 Å². The molecule has 0 amide bonds. The fourth-order valence-electron chi connectivity index (χ4n) is 1.09. The Morgan fingerprint density at radius 2 is 2.33 bits per heavy atom. The summed E-state index contributed by atoms with van der Waals surface area (Å²) in [7, 11) is 0. The molecule has 0 fully saturated rings. The van der Waals surface area contributed by atoms with Crippen molar-refractivity contribution in [2.75, 3.05) is 11.9 Å². The molecule has 0 radical (unpaired) electrons. The summed E-state index contributed by atoms with van der Waals surface area (Å²) in [6, 6.07) is 4.10. The molecule has 1 aromatic rings. The fraction of sp³-hybridized carbons (Fsp3) is 0.333. The van der Waals surface area contributed by atoms with Crippen LogP contribution in [0.5, 0.6) is 0 Å². The number of nitro groups is 1. The quantitative estimate of drug-likeness (QED) is 0.613. The largest absolute Gasteiger partial charge is 0.394 e. The molecule has 6 heteroatoms. The van der Waals surface area contributed by atoms with Crippen molar-refractivity contribution in [3.05, 3.63) is 33.3 Å². The third-order valence-electron chi connectivity index (χ3n) is 1.83. The number of hydrogen-bond acceptors (Lipinski definition) is 4. The van der Waals surface area contributed by atoms with Gasteiger partial charge in [-0.1, -0.05) is 11.6 Å². The zero-order valence-electron chi connectivity index (χ0n) is 8.11. The summed E-state index contributed by atoms with van der Waals surface area (Å²) in [5.41, 5.74) is 0.258. The predicted octanol–water partition coefficient (Wildman–Crippen LogP) is 2.04. The Labute approximate surface area is 91.8 Å². The minimum absolute atomic E-state index is 0.0946. The normalized spacial score (nSPS) is 12.2. The zero-order chi connectivity index (χ0) is 11.4. The smallest absolute Gasteiger partial charge is 0.293 e. The average Bonchev–Trinajstić information content (AvgIpc) is 2.20. The Bertz CT molecular complexity index is 370. The van der Waals surface area contributed by atoms with Gasteiger partial charge in [-0.15, -0.1) is 0 Å². The summed E-state index contributed by atoms with van der Waals surface area (Å²) >= 11 is 5.65. The van der Waals surface area contributed by atoms with Gasteiger partial charge in [-0.2, -0.15) is 0 Å². The maximum atomic E-state index is 10.7. The molecule has 0 aromatic heterocycles. The van der Waals surface area contributed by atoms with Crippen LogP contribution in [-0.4, -0.2) is 22.7 Å². The molecule has 1 atom stereocenters. The van der Waals surface area contributed by atoms with Gasteiger partial charge in [0.2, 0.25) is 0 Å². The number of nitro benzene ring substituents is 1. The van der Waals surface area contributed by atoms with Gasteiger partial charge in [0.1, 0.15) is 5.69 Å². The van der Waals surface area contributed by atoms with Gasteiger partial charge in [-0.3, -0.25) is 10.1 Å². The summed E-state index contributed by atoms with van der Waals surface area (Å²) in [5, 5.41) is 22.6. The third-order valence-corrected chi connectivity index (χ3v) is 2.07. The highest BCUT2D eigenvalue weighted by Crippen LogP contribution is 2.28. The first kappa shape index (κ1) is 11.7. The first-order valence-electron chi connectivity index (χ1n) is 4.36. The zero-order valence-corrected chi connectivity index (χ0v) is 8.86. The number of aliphatic hydroxyl groups is 1. The van der Waals surface area contributed by atoms with Gasteiger partial charge < -0.3 is 10.4 Å². The second kappa shape index (κ2) is 4.95. The third kappa shape index (κ3) is 3.07. The van der Waals surface area contributed by atoms with Crippen LogP contribution in [0.4, 0.5) is 11.4 Å². The Kier molecular flexibility index (Phi) is 3.88. The molecule has 0 aliphatic carbocycles. The molecule has 82 valence electrons. The van der Waals surface area contributed by atoms with Crippen LogP contribution in [0.1, 0.15) is 6.92 Å². The van der Waals surface area contributed by atoms with Crippen molar-refractivity contribution in [2.24, 2.45) is 0 Å². The van der Waals surface area contributed by atoms with Gasteiger partial charge in [0.25, 0.3) is 5.69 Å². The van der Waals surface area contributed by atoms with Gasteiger partial charge >= 0.3 is 0 Å². The van der Waals surface area contributed by atoms with E-state index in [2.05, 4.69) is 5.32 Å². The van der Waals surface area contributed by atoms with Crippen molar-refractivity contribution in [3.63, 3.8) is 0 Å². The minimum atomic E-state index is -0.516. The lowest BCUT2D eigenvalue weighted by molar-refractivity contribution is -0.384. The van der Waals surface area contributed by atoms with Gasteiger partial charge in [-0.25, -0.2) is 0 Å². The number of benzene rings is 1. The maximum absolute atomic E-state index is 10.7. The van der Waals surface area contributed by atoms with Crippen LogP contribution in [0.25, 0.3) is 0 Å². The Morgan fingerprint density at radius 1 is 1.67 bits per heavy atom. The lowest BCUT2D eigenvalue weighted by atomic mass is 10.2. The highest BCUT2D eigenvalue weighted by molar-refractivity contribution is 6.30. The van der Waals surface area contributed by atoms with Crippen molar-refractivity contribution in [2.45, 2.75) is 13.0 Å².